The molecule has 2 N–H and O–H groups in total. The molecule has 20 heavy (non-hydrogen) atoms. The Kier molecular flexibility index (Phi) is 4.65. The van der Waals surface area contributed by atoms with Crippen LogP contribution in [0.5, 0.6) is 0 Å². The summed E-state index contributed by atoms with van der Waals surface area (Å²) in [5.74, 6) is 0.228. The number of carbonyl (C=O) groups excluding carboxylic acids is 1. The van der Waals surface area contributed by atoms with Gasteiger partial charge < -0.3 is 10.6 Å². The van der Waals surface area contributed by atoms with Gasteiger partial charge in [-0.25, -0.2) is 9.97 Å². The van der Waals surface area contributed by atoms with E-state index < -0.39 is 0 Å². The molecule has 1 atom stereocenters. The number of nitrogens with zero attached hydrogens (tertiary/aromatic N) is 2. The van der Waals surface area contributed by atoms with Crippen LogP contribution in [0.25, 0.3) is 0 Å². The number of hydrogen-bond acceptors (Lipinski definition) is 4. The van der Waals surface area contributed by atoms with Crippen molar-refractivity contribution in [3.63, 3.8) is 0 Å². The number of benzene rings is 1. The lowest BCUT2D eigenvalue weighted by Crippen LogP contribution is -2.32. The first kappa shape index (κ1) is 14.0. The van der Waals surface area contributed by atoms with Gasteiger partial charge in [0.25, 0.3) is 5.91 Å². The van der Waals surface area contributed by atoms with Gasteiger partial charge in [0.2, 0.25) is 5.95 Å². The lowest BCUT2D eigenvalue weighted by Gasteiger charge is -2.11. The highest BCUT2D eigenvalue weighted by molar-refractivity contribution is 5.92. The summed E-state index contributed by atoms with van der Waals surface area (Å²) in [7, 11) is 0. The third-order valence-electron chi connectivity index (χ3n) is 2.91. The van der Waals surface area contributed by atoms with Crippen molar-refractivity contribution in [3.8, 4) is 0 Å². The molecule has 2 rings (SSSR count). The number of amides is 1. The summed E-state index contributed by atoms with van der Waals surface area (Å²) in [4.78, 5) is 20.3. The molecule has 1 aromatic heterocycles. The minimum Gasteiger partial charge on any atom is -0.348 e. The van der Waals surface area contributed by atoms with Gasteiger partial charge >= 0.3 is 0 Å². The highest BCUT2D eigenvalue weighted by Gasteiger charge is 2.10. The van der Waals surface area contributed by atoms with E-state index in [1.54, 1.807) is 12.3 Å². The van der Waals surface area contributed by atoms with Crippen LogP contribution >= 0.6 is 0 Å². The van der Waals surface area contributed by atoms with E-state index in [2.05, 4.69) is 20.6 Å². The van der Waals surface area contributed by atoms with Gasteiger partial charge in [-0.15, -0.1) is 0 Å². The third-order valence-corrected chi connectivity index (χ3v) is 2.91. The maximum atomic E-state index is 12.0. The molecule has 5 heteroatoms. The molecule has 1 unspecified atom stereocenters. The molecule has 2 aromatic rings. The van der Waals surface area contributed by atoms with E-state index in [0.717, 1.165) is 12.1 Å². The maximum absolute atomic E-state index is 12.0. The van der Waals surface area contributed by atoms with Crippen LogP contribution in [0.3, 0.4) is 0 Å². The van der Waals surface area contributed by atoms with E-state index in [1.165, 1.54) is 0 Å². The SMILES string of the molecule is CCC(C)NC(=O)c1ccnc(Nc2ccccc2)n1. The number of nitrogens with one attached hydrogen (secondary N) is 2. The molecule has 0 radical (unpaired) electrons. The van der Waals surface area contributed by atoms with E-state index in [0.29, 0.717) is 11.6 Å². The average Bonchev–Trinajstić information content (AvgIpc) is 2.48. The van der Waals surface area contributed by atoms with Gasteiger partial charge in [0.05, 0.1) is 0 Å². The Morgan fingerprint density at radius 1 is 1.25 bits per heavy atom. The second-order valence-corrected chi connectivity index (χ2v) is 4.54. The molecule has 0 bridgehead atoms. The van der Waals surface area contributed by atoms with Gasteiger partial charge in [-0.05, 0) is 31.5 Å². The van der Waals surface area contributed by atoms with Crippen LogP contribution in [-0.2, 0) is 0 Å². The summed E-state index contributed by atoms with van der Waals surface area (Å²) in [5, 5.41) is 5.94. The topological polar surface area (TPSA) is 66.9 Å². The van der Waals surface area contributed by atoms with Crippen molar-refractivity contribution in [1.82, 2.24) is 15.3 Å². The average molecular weight is 270 g/mol. The van der Waals surface area contributed by atoms with Crippen LogP contribution in [0.1, 0.15) is 30.8 Å². The highest BCUT2D eigenvalue weighted by atomic mass is 16.1. The zero-order valence-electron chi connectivity index (χ0n) is 11.6. The largest absolute Gasteiger partial charge is 0.348 e. The lowest BCUT2D eigenvalue weighted by molar-refractivity contribution is 0.0934. The number of hydrogen-bond donors (Lipinski definition) is 2. The smallest absolute Gasteiger partial charge is 0.270 e. The maximum Gasteiger partial charge on any atom is 0.270 e. The summed E-state index contributed by atoms with van der Waals surface area (Å²) in [6.07, 6.45) is 2.45. The van der Waals surface area contributed by atoms with Crippen molar-refractivity contribution in [2.45, 2.75) is 26.3 Å². The van der Waals surface area contributed by atoms with E-state index in [9.17, 15) is 4.79 Å². The molecule has 5 nitrogen and oxygen atoms in total. The zero-order valence-corrected chi connectivity index (χ0v) is 11.6. The number of anilines is 2. The summed E-state index contributed by atoms with van der Waals surface area (Å²) >= 11 is 0. The van der Waals surface area contributed by atoms with Crippen molar-refractivity contribution >= 4 is 17.5 Å². The number of carbonyl (C=O) groups is 1. The van der Waals surface area contributed by atoms with Crippen LogP contribution in [0.2, 0.25) is 0 Å². The van der Waals surface area contributed by atoms with Crippen LogP contribution in [0.15, 0.2) is 42.6 Å². The van der Waals surface area contributed by atoms with Crippen LogP contribution in [0, 0.1) is 0 Å². The molecular formula is C15H18N4O. The normalized spacial score (nSPS) is 11.7. The fourth-order valence-corrected chi connectivity index (χ4v) is 1.60. The summed E-state index contributed by atoms with van der Waals surface area (Å²) in [6, 6.07) is 11.3. The zero-order chi connectivity index (χ0) is 14.4. The Morgan fingerprint density at radius 2 is 2.00 bits per heavy atom. The first-order chi connectivity index (χ1) is 9.69. The minimum atomic E-state index is -0.183. The van der Waals surface area contributed by atoms with Crippen LogP contribution < -0.4 is 10.6 Å². The quantitative estimate of drug-likeness (QED) is 0.876. The molecule has 1 heterocycles. The molecule has 0 saturated heterocycles. The number of para-hydroxylation sites is 1. The van der Waals surface area contributed by atoms with Gasteiger partial charge in [-0.2, -0.15) is 0 Å². The molecule has 0 aliphatic carbocycles. The molecule has 0 saturated carbocycles. The molecule has 0 aliphatic heterocycles. The van der Waals surface area contributed by atoms with Crippen molar-refractivity contribution in [3.05, 3.63) is 48.3 Å². The fraction of sp³-hybridized carbons (Fsp3) is 0.267. The second-order valence-electron chi connectivity index (χ2n) is 4.54. The van der Waals surface area contributed by atoms with E-state index >= 15 is 0 Å². The highest BCUT2D eigenvalue weighted by Crippen LogP contribution is 2.11. The fourth-order valence-electron chi connectivity index (χ4n) is 1.60. The molecule has 1 aromatic carbocycles. The Morgan fingerprint density at radius 3 is 2.70 bits per heavy atom. The number of aromatic nitrogens is 2. The molecule has 1 amide bonds. The van der Waals surface area contributed by atoms with Gasteiger partial charge in [-0.3, -0.25) is 4.79 Å². The summed E-state index contributed by atoms with van der Waals surface area (Å²) < 4.78 is 0. The predicted octanol–water partition coefficient (Wildman–Crippen LogP) is 2.75. The van der Waals surface area contributed by atoms with Gasteiger partial charge in [-0.1, -0.05) is 25.1 Å². The molecule has 0 aliphatic rings. The van der Waals surface area contributed by atoms with Crippen molar-refractivity contribution in [1.29, 1.82) is 0 Å². The van der Waals surface area contributed by atoms with Crippen LogP contribution in [-0.4, -0.2) is 21.9 Å². The summed E-state index contributed by atoms with van der Waals surface area (Å²) in [6.45, 7) is 3.98. The first-order valence-corrected chi connectivity index (χ1v) is 6.65. The predicted molar refractivity (Wildman–Crippen MR) is 79.0 cm³/mol. The molecule has 0 fully saturated rings. The van der Waals surface area contributed by atoms with Crippen molar-refractivity contribution in [2.75, 3.05) is 5.32 Å². The van der Waals surface area contributed by atoms with Crippen molar-refractivity contribution < 1.29 is 4.79 Å². The Labute approximate surface area is 118 Å². The molecule has 0 spiro atoms. The van der Waals surface area contributed by atoms with E-state index in [-0.39, 0.29) is 11.9 Å². The Bertz CT molecular complexity index is 571. The monoisotopic (exact) mass is 270 g/mol. The van der Waals surface area contributed by atoms with Gasteiger partial charge in [0.15, 0.2) is 0 Å². The lowest BCUT2D eigenvalue weighted by atomic mass is 10.2. The van der Waals surface area contributed by atoms with E-state index in [1.807, 2.05) is 44.2 Å². The summed E-state index contributed by atoms with van der Waals surface area (Å²) in [5.41, 5.74) is 1.24. The second kappa shape index (κ2) is 6.65. The molecular weight excluding hydrogens is 252 g/mol. The van der Waals surface area contributed by atoms with Gasteiger partial charge in [0, 0.05) is 17.9 Å². The molecule has 104 valence electrons. The van der Waals surface area contributed by atoms with Crippen LogP contribution in [0.4, 0.5) is 11.6 Å². The minimum absolute atomic E-state index is 0.128. The Hall–Kier alpha value is -2.43. The van der Waals surface area contributed by atoms with E-state index in [4.69, 9.17) is 0 Å². The first-order valence-electron chi connectivity index (χ1n) is 6.65. The third kappa shape index (κ3) is 3.78. The van der Waals surface area contributed by atoms with Crippen molar-refractivity contribution in [2.24, 2.45) is 0 Å². The van der Waals surface area contributed by atoms with Gasteiger partial charge in [0.1, 0.15) is 5.69 Å². The Balaban J connectivity index is 2.10. The number of rotatable bonds is 5. The standard InChI is InChI=1S/C15H18N4O/c1-3-11(2)17-14(20)13-9-10-16-15(19-13)18-12-7-5-4-6-8-12/h4-11H,3H2,1-2H3,(H,17,20)(H,16,18,19).